The van der Waals surface area contributed by atoms with Gasteiger partial charge in [-0.3, -0.25) is 9.59 Å². The van der Waals surface area contributed by atoms with Crippen LogP contribution in [-0.4, -0.2) is 35.5 Å². The second-order valence-corrected chi connectivity index (χ2v) is 8.39. The number of hydrogen-bond acceptors (Lipinski definition) is 4. The highest BCUT2D eigenvalue weighted by molar-refractivity contribution is 14.1. The summed E-state index contributed by atoms with van der Waals surface area (Å²) >= 11 is 9.11. The molecular weight excluding hydrogens is 395 g/mol. The Morgan fingerprint density at radius 2 is 1.35 bits per heavy atom. The minimum Gasteiger partial charge on any atom is -0.469 e. The first-order chi connectivity index (χ1) is 9.54. The number of hydrogen-bond donors (Lipinski definition) is 0. The molecule has 4 fully saturated rings. The van der Waals surface area contributed by atoms with Gasteiger partial charge in [0.1, 0.15) is 0 Å². The lowest BCUT2D eigenvalue weighted by Crippen LogP contribution is -2.60. The number of esters is 2. The number of alkyl halides is 2. The monoisotopic (exact) mass is 410 g/mol. The number of ether oxygens (including phenoxy) is 2. The van der Waals surface area contributed by atoms with Gasteiger partial charge in [-0.2, -0.15) is 0 Å². The van der Waals surface area contributed by atoms with E-state index in [9.17, 15) is 9.59 Å². The minimum absolute atomic E-state index is 0.101. The Labute approximate surface area is 136 Å². The molecule has 0 heterocycles. The fraction of sp³-hybridized carbons (Fsp3) is 0.857. The van der Waals surface area contributed by atoms with Crippen LogP contribution in [0.5, 0.6) is 0 Å². The van der Waals surface area contributed by atoms with Gasteiger partial charge in [0.2, 0.25) is 0 Å². The zero-order valence-corrected chi connectivity index (χ0v) is 14.1. The Balaban J connectivity index is 1.76. The molecule has 0 spiro atoms. The number of halogens is 2. The van der Waals surface area contributed by atoms with Crippen molar-refractivity contribution < 1.29 is 19.1 Å². The molecule has 0 amide bonds. The molecule has 0 aromatic heterocycles. The van der Waals surface area contributed by atoms with Crippen LogP contribution in [0.25, 0.3) is 0 Å². The number of rotatable bonds is 2. The third kappa shape index (κ3) is 1.26. The average Bonchev–Trinajstić information content (AvgIpc) is 3.01. The molecule has 4 rings (SSSR count). The van der Waals surface area contributed by atoms with Crippen molar-refractivity contribution in [2.24, 2.45) is 47.3 Å². The Morgan fingerprint density at radius 1 is 0.850 bits per heavy atom. The molecule has 0 aromatic rings. The molecule has 4 nitrogen and oxygen atoms in total. The summed E-state index contributed by atoms with van der Waals surface area (Å²) in [4.78, 5) is 24.4. The quantitative estimate of drug-likeness (QED) is 0.395. The van der Waals surface area contributed by atoms with Gasteiger partial charge >= 0.3 is 11.9 Å². The van der Waals surface area contributed by atoms with E-state index >= 15 is 0 Å². The topological polar surface area (TPSA) is 52.6 Å². The van der Waals surface area contributed by atoms with Crippen LogP contribution < -0.4 is 0 Å². The fourth-order valence-electron chi connectivity index (χ4n) is 5.93. The summed E-state index contributed by atoms with van der Waals surface area (Å²) in [5.41, 5.74) is 0. The van der Waals surface area contributed by atoms with Gasteiger partial charge in [-0.05, 0) is 35.5 Å². The van der Waals surface area contributed by atoms with Gasteiger partial charge < -0.3 is 9.47 Å². The van der Waals surface area contributed by atoms with Gasteiger partial charge in [0, 0.05) is 9.30 Å². The van der Waals surface area contributed by atoms with Gasteiger partial charge in [-0.15, -0.1) is 11.6 Å². The van der Waals surface area contributed by atoms with E-state index in [4.69, 9.17) is 21.1 Å². The van der Waals surface area contributed by atoms with Crippen molar-refractivity contribution in [3.8, 4) is 0 Å². The molecule has 6 heteroatoms. The Bertz CT molecular complexity index is 498. The maximum Gasteiger partial charge on any atom is 0.309 e. The first kappa shape index (κ1) is 13.6. The molecule has 20 heavy (non-hydrogen) atoms. The van der Waals surface area contributed by atoms with E-state index in [1.165, 1.54) is 14.2 Å². The summed E-state index contributed by atoms with van der Waals surface area (Å²) < 4.78 is 10.5. The van der Waals surface area contributed by atoms with Gasteiger partial charge in [-0.1, -0.05) is 22.6 Å². The number of carbonyl (C=O) groups excluding carboxylic acids is 2. The summed E-state index contributed by atoms with van der Waals surface area (Å²) in [6, 6.07) is 0. The van der Waals surface area contributed by atoms with E-state index in [-0.39, 0.29) is 46.9 Å². The molecule has 4 bridgehead atoms. The molecular formula is C14H16ClIO4. The molecule has 10 unspecified atom stereocenters. The normalized spacial score (nSPS) is 57.4. The lowest BCUT2D eigenvalue weighted by Gasteiger charge is -2.57. The van der Waals surface area contributed by atoms with Crippen LogP contribution in [0.15, 0.2) is 0 Å². The van der Waals surface area contributed by atoms with Crippen LogP contribution in [0.2, 0.25) is 0 Å². The highest BCUT2D eigenvalue weighted by atomic mass is 127. The first-order valence-corrected chi connectivity index (χ1v) is 8.66. The molecule has 0 aromatic carbocycles. The van der Waals surface area contributed by atoms with E-state index in [1.807, 2.05) is 0 Å². The van der Waals surface area contributed by atoms with Crippen molar-refractivity contribution in [2.45, 2.75) is 9.30 Å². The summed E-state index contributed by atoms with van der Waals surface area (Å²) in [7, 11) is 2.79. The third-order valence-corrected chi connectivity index (χ3v) is 8.54. The van der Waals surface area contributed by atoms with Crippen molar-refractivity contribution in [3.63, 3.8) is 0 Å². The van der Waals surface area contributed by atoms with Crippen molar-refractivity contribution >= 4 is 46.1 Å². The second kappa shape index (κ2) is 4.24. The van der Waals surface area contributed by atoms with E-state index in [1.54, 1.807) is 0 Å². The summed E-state index contributed by atoms with van der Waals surface area (Å²) in [6.07, 6.45) is 0. The SMILES string of the molecule is COC(=O)C1C(C(=O)OC)C2C3C(Cl)C4C(I)C(C13)C42. The Morgan fingerprint density at radius 3 is 1.85 bits per heavy atom. The number of fused-ring (bicyclic) bond motifs is 1. The molecule has 4 aliphatic carbocycles. The molecule has 4 saturated carbocycles. The van der Waals surface area contributed by atoms with E-state index in [0.29, 0.717) is 21.7 Å². The van der Waals surface area contributed by atoms with Crippen LogP contribution >= 0.6 is 34.2 Å². The van der Waals surface area contributed by atoms with Gasteiger partial charge in [0.15, 0.2) is 0 Å². The minimum atomic E-state index is -0.358. The molecule has 110 valence electrons. The highest BCUT2D eigenvalue weighted by Crippen LogP contribution is 2.79. The lowest BCUT2D eigenvalue weighted by atomic mass is 9.52. The first-order valence-electron chi connectivity index (χ1n) is 6.98. The zero-order chi connectivity index (χ0) is 14.3. The van der Waals surface area contributed by atoms with E-state index in [2.05, 4.69) is 22.6 Å². The van der Waals surface area contributed by atoms with Crippen molar-refractivity contribution in [1.29, 1.82) is 0 Å². The van der Waals surface area contributed by atoms with Crippen molar-refractivity contribution in [3.05, 3.63) is 0 Å². The van der Waals surface area contributed by atoms with Crippen molar-refractivity contribution in [2.75, 3.05) is 14.2 Å². The average molecular weight is 411 g/mol. The maximum atomic E-state index is 12.2. The molecule has 4 aliphatic rings. The summed E-state index contributed by atoms with van der Waals surface area (Å²) in [5, 5.41) is 0.101. The van der Waals surface area contributed by atoms with Crippen LogP contribution in [-0.2, 0) is 19.1 Å². The van der Waals surface area contributed by atoms with Gasteiger partial charge in [-0.25, -0.2) is 0 Å². The Kier molecular flexibility index (Phi) is 2.89. The number of carbonyl (C=O) groups is 2. The molecule has 0 radical (unpaired) electrons. The Hall–Kier alpha value is -0.0400. The van der Waals surface area contributed by atoms with Gasteiger partial charge in [0.05, 0.1) is 26.1 Å². The van der Waals surface area contributed by atoms with E-state index in [0.717, 1.165) is 0 Å². The predicted molar refractivity (Wildman–Crippen MR) is 79.4 cm³/mol. The van der Waals surface area contributed by atoms with Crippen LogP contribution in [0.1, 0.15) is 0 Å². The second-order valence-electron chi connectivity index (χ2n) is 6.45. The smallest absolute Gasteiger partial charge is 0.309 e. The molecule has 0 aliphatic heterocycles. The van der Waals surface area contributed by atoms with E-state index < -0.39 is 0 Å². The predicted octanol–water partition coefficient (Wildman–Crippen LogP) is 1.73. The molecule has 0 saturated heterocycles. The standard InChI is InChI=1S/C14H16ClIO4/c1-19-13(17)8-3-4-7-5(9(8)14(18)20-2)6(3)11(15)10(4)12(7)16/h3-12H,1-2H3. The summed E-state index contributed by atoms with van der Waals surface area (Å²) in [6.45, 7) is 0. The van der Waals surface area contributed by atoms with Crippen molar-refractivity contribution in [1.82, 2.24) is 0 Å². The lowest BCUT2D eigenvalue weighted by molar-refractivity contribution is -0.167. The summed E-state index contributed by atoms with van der Waals surface area (Å²) in [5.74, 6) is 1.04. The molecule has 10 atom stereocenters. The zero-order valence-electron chi connectivity index (χ0n) is 11.2. The number of methoxy groups -OCH3 is 2. The fourth-order valence-corrected chi connectivity index (χ4v) is 8.72. The third-order valence-electron chi connectivity index (χ3n) is 6.30. The van der Waals surface area contributed by atoms with Gasteiger partial charge in [0.25, 0.3) is 0 Å². The highest BCUT2D eigenvalue weighted by Gasteiger charge is 2.81. The van der Waals surface area contributed by atoms with Crippen LogP contribution in [0, 0.1) is 47.3 Å². The largest absolute Gasteiger partial charge is 0.469 e. The molecule has 0 N–H and O–H groups in total. The van der Waals surface area contributed by atoms with Crippen LogP contribution in [0.4, 0.5) is 0 Å². The van der Waals surface area contributed by atoms with Crippen LogP contribution in [0.3, 0.4) is 0 Å². The maximum absolute atomic E-state index is 12.2.